The van der Waals surface area contributed by atoms with Crippen molar-refractivity contribution < 1.29 is 4.79 Å². The number of nitrogens with zero attached hydrogens (tertiary/aromatic N) is 2. The second-order valence-electron chi connectivity index (χ2n) is 5.08. The lowest BCUT2D eigenvalue weighted by Gasteiger charge is -2.10. The van der Waals surface area contributed by atoms with E-state index in [4.69, 9.17) is 0 Å². The van der Waals surface area contributed by atoms with Crippen molar-refractivity contribution in [1.29, 1.82) is 0 Å². The Morgan fingerprint density at radius 3 is 2.52 bits per heavy atom. The number of hydrogen-bond acceptors (Lipinski definition) is 3. The van der Waals surface area contributed by atoms with Crippen LogP contribution in [0.5, 0.6) is 0 Å². The molecule has 0 fully saturated rings. The molecule has 23 heavy (non-hydrogen) atoms. The van der Waals surface area contributed by atoms with E-state index in [1.54, 1.807) is 19.2 Å². The Hall–Kier alpha value is -2.22. The van der Waals surface area contributed by atoms with Crippen LogP contribution >= 0.6 is 22.6 Å². The van der Waals surface area contributed by atoms with Crippen LogP contribution in [0.4, 0.5) is 0 Å². The van der Waals surface area contributed by atoms with Crippen molar-refractivity contribution >= 4 is 39.3 Å². The highest BCUT2D eigenvalue weighted by atomic mass is 127. The maximum absolute atomic E-state index is 12.3. The minimum atomic E-state index is -0.158. The average Bonchev–Trinajstić information content (AvgIpc) is 2.57. The zero-order valence-electron chi connectivity index (χ0n) is 12.4. The number of nitrogens with one attached hydrogen (secondary N) is 1. The van der Waals surface area contributed by atoms with Gasteiger partial charge in [0.05, 0.1) is 23.2 Å². The molecule has 1 N–H and O–H groups in total. The van der Waals surface area contributed by atoms with Crippen molar-refractivity contribution in [2.24, 2.45) is 7.05 Å². The van der Waals surface area contributed by atoms with Crippen LogP contribution in [0, 0.1) is 3.57 Å². The molecule has 0 spiro atoms. The Labute approximate surface area is 146 Å². The average molecular weight is 419 g/mol. The molecule has 0 bridgehead atoms. The maximum Gasteiger partial charge on any atom is 0.274 e. The Bertz CT molecular complexity index is 950. The number of rotatable bonds is 3. The van der Waals surface area contributed by atoms with Crippen molar-refractivity contribution in [3.8, 4) is 0 Å². The highest BCUT2D eigenvalue weighted by Crippen LogP contribution is 2.14. The van der Waals surface area contributed by atoms with E-state index in [0.29, 0.717) is 16.6 Å². The molecule has 5 nitrogen and oxygen atoms in total. The van der Waals surface area contributed by atoms with Gasteiger partial charge in [-0.15, -0.1) is 0 Å². The summed E-state index contributed by atoms with van der Waals surface area (Å²) in [7, 11) is 1.61. The number of halogens is 1. The number of aryl methyl sites for hydroxylation is 1. The highest BCUT2D eigenvalue weighted by molar-refractivity contribution is 14.1. The van der Waals surface area contributed by atoms with Gasteiger partial charge in [-0.3, -0.25) is 9.59 Å². The Morgan fingerprint density at radius 2 is 1.78 bits per heavy atom. The predicted molar refractivity (Wildman–Crippen MR) is 97.3 cm³/mol. The monoisotopic (exact) mass is 419 g/mol. The first-order chi connectivity index (χ1) is 11.1. The number of carbonyl (C=O) groups is 1. The van der Waals surface area contributed by atoms with E-state index >= 15 is 0 Å². The molecule has 0 radical (unpaired) electrons. The summed E-state index contributed by atoms with van der Waals surface area (Å²) in [6.45, 7) is 0.262. The number of amides is 1. The first-order valence-corrected chi connectivity index (χ1v) is 8.13. The van der Waals surface area contributed by atoms with Gasteiger partial charge in [-0.05, 0) is 40.8 Å². The summed E-state index contributed by atoms with van der Waals surface area (Å²) in [6, 6.07) is 14.7. The highest BCUT2D eigenvalue weighted by Gasteiger charge is 2.12. The van der Waals surface area contributed by atoms with Crippen molar-refractivity contribution in [3.63, 3.8) is 0 Å². The van der Waals surface area contributed by atoms with Gasteiger partial charge in [0.15, 0.2) is 0 Å². The lowest BCUT2D eigenvalue weighted by molar-refractivity contribution is 0.0949. The molecule has 6 heteroatoms. The fourth-order valence-electron chi connectivity index (χ4n) is 2.41. The lowest BCUT2D eigenvalue weighted by Crippen LogP contribution is -2.27. The minimum Gasteiger partial charge on any atom is -0.346 e. The number of fused-ring (bicyclic) bond motifs is 1. The molecular formula is C17H14IN3O2. The van der Waals surface area contributed by atoms with Crippen LogP contribution in [0.1, 0.15) is 16.1 Å². The third kappa shape index (κ3) is 3.12. The molecule has 0 aliphatic heterocycles. The molecule has 0 saturated heterocycles. The van der Waals surface area contributed by atoms with E-state index in [9.17, 15) is 9.59 Å². The van der Waals surface area contributed by atoms with Gasteiger partial charge < -0.3 is 5.32 Å². The second-order valence-corrected chi connectivity index (χ2v) is 6.25. The normalized spacial score (nSPS) is 10.7. The second kappa shape index (κ2) is 6.49. The number of hydrogen-bond donors (Lipinski definition) is 1. The molecule has 116 valence electrons. The molecule has 0 unspecified atom stereocenters. The van der Waals surface area contributed by atoms with Crippen LogP contribution in [0.25, 0.3) is 10.8 Å². The molecule has 3 aromatic rings. The van der Waals surface area contributed by atoms with E-state index in [1.165, 1.54) is 4.68 Å². The van der Waals surface area contributed by atoms with Gasteiger partial charge in [0.2, 0.25) is 0 Å². The van der Waals surface area contributed by atoms with Crippen LogP contribution in [0.15, 0.2) is 53.3 Å². The Morgan fingerprint density at radius 1 is 1.13 bits per heavy atom. The van der Waals surface area contributed by atoms with Crippen LogP contribution < -0.4 is 10.9 Å². The van der Waals surface area contributed by atoms with Gasteiger partial charge in [-0.1, -0.05) is 30.3 Å². The van der Waals surface area contributed by atoms with Gasteiger partial charge in [-0.2, -0.15) is 5.10 Å². The van der Waals surface area contributed by atoms with Gasteiger partial charge in [0.1, 0.15) is 0 Å². The van der Waals surface area contributed by atoms with E-state index in [0.717, 1.165) is 8.96 Å². The summed E-state index contributed by atoms with van der Waals surface area (Å²) in [5.74, 6) is -0.158. The van der Waals surface area contributed by atoms with Gasteiger partial charge in [0, 0.05) is 16.0 Å². The zero-order valence-corrected chi connectivity index (χ0v) is 14.6. The summed E-state index contributed by atoms with van der Waals surface area (Å²) >= 11 is 2.13. The number of aromatic nitrogens is 2. The van der Waals surface area contributed by atoms with Crippen molar-refractivity contribution in [3.05, 3.63) is 73.7 Å². The number of carbonyl (C=O) groups excluding carboxylic acids is 1. The van der Waals surface area contributed by atoms with E-state index in [-0.39, 0.29) is 18.0 Å². The quantitative estimate of drug-likeness (QED) is 0.664. The molecule has 0 atom stereocenters. The van der Waals surface area contributed by atoms with Crippen LogP contribution in [0.2, 0.25) is 0 Å². The lowest BCUT2D eigenvalue weighted by atomic mass is 10.1. The topological polar surface area (TPSA) is 64.0 Å². The maximum atomic E-state index is 12.3. The molecule has 1 heterocycles. The smallest absolute Gasteiger partial charge is 0.274 e. The predicted octanol–water partition coefficient (Wildman–Crippen LogP) is 2.47. The third-order valence-electron chi connectivity index (χ3n) is 3.57. The molecular weight excluding hydrogens is 405 g/mol. The van der Waals surface area contributed by atoms with Gasteiger partial charge in [0.25, 0.3) is 11.5 Å². The van der Waals surface area contributed by atoms with Gasteiger partial charge in [-0.25, -0.2) is 4.68 Å². The molecule has 0 aliphatic carbocycles. The molecule has 2 aromatic carbocycles. The standard InChI is InChI=1S/C17H14IN3O2/c1-21-17(23)12-7-3-2-6-11(12)15(20-21)10-19-16(22)13-8-4-5-9-14(13)18/h2-9H,10H2,1H3,(H,19,22). The molecule has 1 amide bonds. The van der Waals surface area contributed by atoms with Crippen molar-refractivity contribution in [2.75, 3.05) is 0 Å². The largest absolute Gasteiger partial charge is 0.346 e. The third-order valence-corrected chi connectivity index (χ3v) is 4.51. The number of benzene rings is 2. The molecule has 3 rings (SSSR count). The van der Waals surface area contributed by atoms with E-state index in [2.05, 4.69) is 33.0 Å². The van der Waals surface area contributed by atoms with Gasteiger partial charge >= 0.3 is 0 Å². The summed E-state index contributed by atoms with van der Waals surface area (Å²) < 4.78 is 2.19. The Kier molecular flexibility index (Phi) is 4.42. The van der Waals surface area contributed by atoms with Crippen LogP contribution in [-0.4, -0.2) is 15.7 Å². The fourth-order valence-corrected chi connectivity index (χ4v) is 3.04. The van der Waals surface area contributed by atoms with Crippen molar-refractivity contribution in [1.82, 2.24) is 15.1 Å². The van der Waals surface area contributed by atoms with E-state index < -0.39 is 0 Å². The molecule has 0 aliphatic rings. The summed E-state index contributed by atoms with van der Waals surface area (Å²) in [5, 5.41) is 8.51. The van der Waals surface area contributed by atoms with Crippen LogP contribution in [-0.2, 0) is 13.6 Å². The molecule has 1 aromatic heterocycles. The van der Waals surface area contributed by atoms with E-state index in [1.807, 2.05) is 36.4 Å². The van der Waals surface area contributed by atoms with Crippen LogP contribution in [0.3, 0.4) is 0 Å². The van der Waals surface area contributed by atoms with Crippen molar-refractivity contribution in [2.45, 2.75) is 6.54 Å². The fraction of sp³-hybridized carbons (Fsp3) is 0.118. The zero-order chi connectivity index (χ0) is 16.4. The summed E-state index contributed by atoms with van der Waals surface area (Å²) in [5.41, 5.74) is 1.15. The first kappa shape index (κ1) is 15.7. The minimum absolute atomic E-state index is 0.145. The Balaban J connectivity index is 1.91. The SMILES string of the molecule is Cn1nc(CNC(=O)c2ccccc2I)c2ccccc2c1=O. The summed E-state index contributed by atoms with van der Waals surface area (Å²) in [6.07, 6.45) is 0. The molecule has 0 saturated carbocycles. The first-order valence-electron chi connectivity index (χ1n) is 7.05. The summed E-state index contributed by atoms with van der Waals surface area (Å²) in [4.78, 5) is 24.4.